The second kappa shape index (κ2) is 3.61. The minimum atomic E-state index is -1.73. The molecule has 15 heavy (non-hydrogen) atoms. The first-order valence-corrected chi connectivity index (χ1v) is 4.95. The van der Waals surface area contributed by atoms with Gasteiger partial charge in [-0.05, 0) is 0 Å². The highest BCUT2D eigenvalue weighted by Gasteiger charge is 2.37. The van der Waals surface area contributed by atoms with Crippen molar-refractivity contribution in [3.05, 3.63) is 20.9 Å². The maximum absolute atomic E-state index is 13.6. The lowest BCUT2D eigenvalue weighted by atomic mass is 9.98. The third-order valence-electron chi connectivity index (χ3n) is 1.93. The standard InChI is InChI=1S/C8H2BrClF2N2O/c9-3-4(10)5(11)2-7(6(3)12)13-1-14-8(2)15/h1,6H. The fraction of sp³-hybridized carbons (Fsp3) is 0.125. The van der Waals surface area contributed by atoms with Crippen molar-refractivity contribution < 1.29 is 13.6 Å². The number of fused-ring (bicyclic) bond motifs is 1. The molecule has 7 heteroatoms. The van der Waals surface area contributed by atoms with Crippen molar-refractivity contribution in [2.45, 2.75) is 6.17 Å². The van der Waals surface area contributed by atoms with Gasteiger partial charge in [0.25, 0.3) is 5.91 Å². The Morgan fingerprint density at radius 1 is 1.53 bits per heavy atom. The fourth-order valence-corrected chi connectivity index (χ4v) is 1.81. The van der Waals surface area contributed by atoms with Crippen molar-refractivity contribution in [1.82, 2.24) is 0 Å². The molecule has 0 N–H and O–H groups in total. The normalized spacial score (nSPS) is 25.7. The molecule has 0 saturated heterocycles. The van der Waals surface area contributed by atoms with Gasteiger partial charge in [0, 0.05) is 0 Å². The first-order chi connectivity index (χ1) is 7.04. The van der Waals surface area contributed by atoms with E-state index in [1.165, 1.54) is 0 Å². The van der Waals surface area contributed by atoms with E-state index in [4.69, 9.17) is 11.6 Å². The van der Waals surface area contributed by atoms with Crippen LogP contribution in [0, 0.1) is 0 Å². The predicted octanol–water partition coefficient (Wildman–Crippen LogP) is 2.42. The summed E-state index contributed by atoms with van der Waals surface area (Å²) in [5, 5.41) is -0.457. The quantitative estimate of drug-likeness (QED) is 0.676. The van der Waals surface area contributed by atoms with Gasteiger partial charge in [-0.1, -0.05) is 27.5 Å². The number of nitrogens with zero attached hydrogens (tertiary/aromatic N) is 2. The summed E-state index contributed by atoms with van der Waals surface area (Å²) >= 11 is 8.30. The van der Waals surface area contributed by atoms with Gasteiger partial charge in [0.05, 0.1) is 15.2 Å². The molecule has 1 unspecified atom stereocenters. The molecule has 3 nitrogen and oxygen atoms in total. The Labute approximate surface area is 96.4 Å². The first-order valence-electron chi connectivity index (χ1n) is 3.78. The lowest BCUT2D eigenvalue weighted by molar-refractivity contribution is -0.114. The van der Waals surface area contributed by atoms with Gasteiger partial charge in [-0.25, -0.2) is 13.8 Å². The zero-order valence-corrected chi connectivity index (χ0v) is 9.31. The summed E-state index contributed by atoms with van der Waals surface area (Å²) in [5.74, 6) is -1.88. The molecule has 1 amide bonds. The van der Waals surface area contributed by atoms with Crippen LogP contribution in [0.25, 0.3) is 0 Å². The molecule has 0 fully saturated rings. The smallest absolute Gasteiger partial charge is 0.267 e. The minimum absolute atomic E-state index is 0.174. The molecule has 0 aromatic carbocycles. The number of rotatable bonds is 0. The van der Waals surface area contributed by atoms with E-state index in [-0.39, 0.29) is 10.2 Å². The van der Waals surface area contributed by atoms with Gasteiger partial charge in [-0.2, -0.15) is 4.99 Å². The first kappa shape index (κ1) is 10.6. The number of hydrogen-bond donors (Lipinski definition) is 0. The number of hydrogen-bond acceptors (Lipinski definition) is 2. The Morgan fingerprint density at radius 2 is 2.20 bits per heavy atom. The highest BCUT2D eigenvalue weighted by atomic mass is 79.9. The zero-order chi connectivity index (χ0) is 11.2. The van der Waals surface area contributed by atoms with Gasteiger partial charge in [0.1, 0.15) is 11.9 Å². The summed E-state index contributed by atoms with van der Waals surface area (Å²) in [7, 11) is 0. The molecule has 0 spiro atoms. The summed E-state index contributed by atoms with van der Waals surface area (Å²) in [6, 6.07) is 0. The zero-order valence-electron chi connectivity index (χ0n) is 6.97. The Balaban J connectivity index is 2.69. The topological polar surface area (TPSA) is 41.8 Å². The van der Waals surface area contributed by atoms with E-state index in [9.17, 15) is 13.6 Å². The summed E-state index contributed by atoms with van der Waals surface area (Å²) in [5.41, 5.74) is -0.804. The van der Waals surface area contributed by atoms with Gasteiger partial charge < -0.3 is 0 Å². The molecule has 0 saturated carbocycles. The second-order valence-electron chi connectivity index (χ2n) is 2.78. The third kappa shape index (κ3) is 1.48. The molecule has 78 valence electrons. The summed E-state index contributed by atoms with van der Waals surface area (Å²) in [6.07, 6.45) is -0.844. The van der Waals surface area contributed by atoms with Gasteiger partial charge in [0.15, 0.2) is 12.0 Å². The maximum atomic E-state index is 13.6. The Kier molecular flexibility index (Phi) is 2.56. The van der Waals surface area contributed by atoms with Crippen molar-refractivity contribution >= 4 is 45.5 Å². The highest BCUT2D eigenvalue weighted by Crippen LogP contribution is 2.38. The van der Waals surface area contributed by atoms with Crippen LogP contribution < -0.4 is 0 Å². The monoisotopic (exact) mass is 294 g/mol. The van der Waals surface area contributed by atoms with Crippen molar-refractivity contribution in [2.75, 3.05) is 0 Å². The molecule has 1 atom stereocenters. The molecule has 1 aliphatic heterocycles. The lowest BCUT2D eigenvalue weighted by Crippen LogP contribution is -2.29. The van der Waals surface area contributed by atoms with Crippen LogP contribution in [-0.4, -0.2) is 24.1 Å². The molecule has 0 bridgehead atoms. The second-order valence-corrected chi connectivity index (χ2v) is 4.01. The molecule has 1 heterocycles. The summed E-state index contributed by atoms with van der Waals surface area (Å²) in [4.78, 5) is 18.0. The molecular formula is C8H2BrClF2N2O. The lowest BCUT2D eigenvalue weighted by Gasteiger charge is -2.20. The van der Waals surface area contributed by atoms with Crippen LogP contribution in [0.3, 0.4) is 0 Å². The van der Waals surface area contributed by atoms with Crippen LogP contribution >= 0.6 is 27.5 Å². The van der Waals surface area contributed by atoms with E-state index in [1.807, 2.05) is 0 Å². The third-order valence-corrected chi connectivity index (χ3v) is 3.32. The minimum Gasteiger partial charge on any atom is -0.267 e. The van der Waals surface area contributed by atoms with E-state index in [2.05, 4.69) is 25.9 Å². The molecule has 0 aromatic rings. The molecule has 0 radical (unpaired) electrons. The van der Waals surface area contributed by atoms with Crippen molar-refractivity contribution in [3.63, 3.8) is 0 Å². The Bertz CT molecular complexity index is 481. The van der Waals surface area contributed by atoms with Crippen molar-refractivity contribution in [1.29, 1.82) is 0 Å². The molecule has 0 aromatic heterocycles. The van der Waals surface area contributed by atoms with Crippen LogP contribution in [0.2, 0.25) is 0 Å². The Hall–Kier alpha value is -0.880. The predicted molar refractivity (Wildman–Crippen MR) is 55.8 cm³/mol. The number of carbonyl (C=O) groups excluding carboxylic acids is 1. The Morgan fingerprint density at radius 3 is 2.87 bits per heavy atom. The van der Waals surface area contributed by atoms with Crippen molar-refractivity contribution in [2.24, 2.45) is 9.98 Å². The van der Waals surface area contributed by atoms with Crippen LogP contribution in [0.5, 0.6) is 0 Å². The average Bonchev–Trinajstić information content (AvgIpc) is 2.23. The van der Waals surface area contributed by atoms with E-state index in [1.54, 1.807) is 0 Å². The number of aliphatic imine (C=N–C) groups is 2. The van der Waals surface area contributed by atoms with Crippen LogP contribution in [0.4, 0.5) is 8.78 Å². The molecular weight excluding hydrogens is 293 g/mol. The van der Waals surface area contributed by atoms with E-state index >= 15 is 0 Å². The van der Waals surface area contributed by atoms with Crippen LogP contribution in [-0.2, 0) is 4.79 Å². The van der Waals surface area contributed by atoms with E-state index in [0.717, 1.165) is 6.34 Å². The largest absolute Gasteiger partial charge is 0.283 e. The molecule has 2 aliphatic rings. The fourth-order valence-electron chi connectivity index (χ4n) is 1.23. The van der Waals surface area contributed by atoms with Crippen molar-refractivity contribution in [3.8, 4) is 0 Å². The summed E-state index contributed by atoms with van der Waals surface area (Å²) in [6.45, 7) is 0. The van der Waals surface area contributed by atoms with Crippen LogP contribution in [0.1, 0.15) is 0 Å². The molecule has 1 aliphatic carbocycles. The number of carbonyl (C=O) groups is 1. The highest BCUT2D eigenvalue weighted by molar-refractivity contribution is 9.11. The average molecular weight is 295 g/mol. The SMILES string of the molecule is O=C1N=CN=C2C1=C(F)C(Cl)=C(Br)C2F. The van der Waals surface area contributed by atoms with E-state index in [0.29, 0.717) is 0 Å². The summed E-state index contributed by atoms with van der Waals surface area (Å²) < 4.78 is 26.9. The number of allylic oxidation sites excluding steroid dienone is 3. The van der Waals surface area contributed by atoms with Gasteiger partial charge >= 0.3 is 0 Å². The van der Waals surface area contributed by atoms with Gasteiger partial charge in [-0.3, -0.25) is 4.79 Å². The van der Waals surface area contributed by atoms with E-state index < -0.39 is 28.5 Å². The van der Waals surface area contributed by atoms with Gasteiger partial charge in [0.2, 0.25) is 0 Å². The number of alkyl halides is 1. The van der Waals surface area contributed by atoms with Gasteiger partial charge in [-0.15, -0.1) is 0 Å². The maximum Gasteiger partial charge on any atom is 0.283 e. The number of amides is 1. The van der Waals surface area contributed by atoms with Crippen LogP contribution in [0.15, 0.2) is 30.9 Å². The number of halogens is 4. The molecule has 2 rings (SSSR count).